The molecule has 0 saturated carbocycles. The van der Waals surface area contributed by atoms with Crippen LogP contribution in [0.2, 0.25) is 0 Å². The molecule has 2 rings (SSSR count). The van der Waals surface area contributed by atoms with E-state index in [2.05, 4.69) is 0 Å². The van der Waals surface area contributed by atoms with Crippen LogP contribution in [0, 0.1) is 5.92 Å². The third-order valence-corrected chi connectivity index (χ3v) is 3.12. The van der Waals surface area contributed by atoms with E-state index in [0.717, 1.165) is 0 Å². The van der Waals surface area contributed by atoms with E-state index < -0.39 is 0 Å². The molecule has 0 amide bonds. The molecule has 0 aliphatic rings. The summed E-state index contributed by atoms with van der Waals surface area (Å²) in [6.07, 6.45) is 0.274. The Labute approximate surface area is 117 Å². The summed E-state index contributed by atoms with van der Waals surface area (Å²) in [6, 6.07) is 5.79. The predicted octanol–water partition coefficient (Wildman–Crippen LogP) is 2.56. The molecule has 0 unspecified atom stereocenters. The monoisotopic (exact) mass is 277 g/mol. The standard InChI is InChI=1S/C15H19NO4/c1-9(2)8-16-14(19)6-11(15(16)20)5-10-3-4-12(17)7-13(10)18/h3-4,6-7,9,17-20H,5,8H2,1-2H3. The first-order valence-corrected chi connectivity index (χ1v) is 6.49. The average molecular weight is 277 g/mol. The first-order chi connectivity index (χ1) is 9.38. The molecule has 0 radical (unpaired) electrons. The van der Waals surface area contributed by atoms with E-state index in [1.165, 1.54) is 22.8 Å². The van der Waals surface area contributed by atoms with Crippen molar-refractivity contribution in [3.8, 4) is 23.3 Å². The molecule has 0 bridgehead atoms. The number of aromatic hydroxyl groups is 4. The molecule has 1 aromatic heterocycles. The number of nitrogens with zero attached hydrogens (tertiary/aromatic N) is 1. The Morgan fingerprint density at radius 3 is 2.30 bits per heavy atom. The average Bonchev–Trinajstić information content (AvgIpc) is 2.60. The molecule has 5 nitrogen and oxygen atoms in total. The molecule has 4 N–H and O–H groups in total. The second-order valence-corrected chi connectivity index (χ2v) is 5.35. The lowest BCUT2D eigenvalue weighted by Crippen LogP contribution is -2.03. The van der Waals surface area contributed by atoms with Crippen LogP contribution in [0.25, 0.3) is 0 Å². The third-order valence-electron chi connectivity index (χ3n) is 3.12. The van der Waals surface area contributed by atoms with Gasteiger partial charge in [-0.2, -0.15) is 0 Å². The first kappa shape index (κ1) is 14.1. The normalized spacial score (nSPS) is 11.2. The van der Waals surface area contributed by atoms with Gasteiger partial charge in [-0.25, -0.2) is 0 Å². The van der Waals surface area contributed by atoms with Crippen LogP contribution in [0.4, 0.5) is 0 Å². The Morgan fingerprint density at radius 1 is 1.00 bits per heavy atom. The number of hydrogen-bond donors (Lipinski definition) is 4. The number of phenols is 2. The van der Waals surface area contributed by atoms with Crippen LogP contribution in [-0.4, -0.2) is 25.0 Å². The highest BCUT2D eigenvalue weighted by Crippen LogP contribution is 2.33. The first-order valence-electron chi connectivity index (χ1n) is 6.49. The van der Waals surface area contributed by atoms with E-state index in [1.54, 1.807) is 6.07 Å². The van der Waals surface area contributed by atoms with Crippen LogP contribution in [0.1, 0.15) is 25.0 Å². The number of hydrogen-bond acceptors (Lipinski definition) is 4. The van der Waals surface area contributed by atoms with Gasteiger partial charge >= 0.3 is 0 Å². The Balaban J connectivity index is 2.30. The molecule has 0 saturated heterocycles. The molecule has 0 aliphatic heterocycles. The maximum atomic E-state index is 10.1. The number of benzene rings is 1. The van der Waals surface area contributed by atoms with E-state index in [0.29, 0.717) is 17.7 Å². The van der Waals surface area contributed by atoms with Gasteiger partial charge in [-0.05, 0) is 17.5 Å². The fourth-order valence-electron chi connectivity index (χ4n) is 2.16. The van der Waals surface area contributed by atoms with Crippen LogP contribution in [0.15, 0.2) is 24.3 Å². The molecule has 0 aliphatic carbocycles. The van der Waals surface area contributed by atoms with Gasteiger partial charge in [0.05, 0.1) is 0 Å². The van der Waals surface area contributed by atoms with Crippen molar-refractivity contribution >= 4 is 0 Å². The van der Waals surface area contributed by atoms with Crippen molar-refractivity contribution in [2.45, 2.75) is 26.8 Å². The van der Waals surface area contributed by atoms with Crippen molar-refractivity contribution in [3.63, 3.8) is 0 Å². The van der Waals surface area contributed by atoms with E-state index in [9.17, 15) is 20.4 Å². The van der Waals surface area contributed by atoms with Gasteiger partial charge in [0, 0.05) is 30.7 Å². The highest BCUT2D eigenvalue weighted by Gasteiger charge is 2.16. The van der Waals surface area contributed by atoms with Crippen LogP contribution >= 0.6 is 0 Å². The van der Waals surface area contributed by atoms with Gasteiger partial charge in [-0.3, -0.25) is 4.57 Å². The predicted molar refractivity (Wildman–Crippen MR) is 75.2 cm³/mol. The highest BCUT2D eigenvalue weighted by atomic mass is 16.3. The SMILES string of the molecule is CC(C)Cn1c(O)cc(Cc2ccc(O)cc2O)c1O. The summed E-state index contributed by atoms with van der Waals surface area (Å²) >= 11 is 0. The fourth-order valence-corrected chi connectivity index (χ4v) is 2.16. The third kappa shape index (κ3) is 2.82. The van der Waals surface area contributed by atoms with Crippen LogP contribution in [0.3, 0.4) is 0 Å². The molecule has 1 aromatic carbocycles. The molecular formula is C15H19NO4. The topological polar surface area (TPSA) is 85.9 Å². The summed E-state index contributed by atoms with van der Waals surface area (Å²) in [5.74, 6) is 0.235. The van der Waals surface area contributed by atoms with E-state index >= 15 is 0 Å². The van der Waals surface area contributed by atoms with Gasteiger partial charge in [-0.1, -0.05) is 19.9 Å². The van der Waals surface area contributed by atoms with Gasteiger partial charge in [0.2, 0.25) is 0 Å². The van der Waals surface area contributed by atoms with Gasteiger partial charge in [0.15, 0.2) is 11.8 Å². The number of phenolic OH excluding ortho intramolecular Hbond substituents is 2. The lowest BCUT2D eigenvalue weighted by molar-refractivity contribution is 0.345. The Kier molecular flexibility index (Phi) is 3.79. The molecule has 5 heteroatoms. The maximum Gasteiger partial charge on any atom is 0.197 e. The summed E-state index contributed by atoms with van der Waals surface area (Å²) in [5, 5.41) is 39.0. The van der Waals surface area contributed by atoms with Crippen LogP contribution < -0.4 is 0 Å². The molecule has 2 aromatic rings. The second kappa shape index (κ2) is 5.36. The Hall–Kier alpha value is -2.30. The minimum atomic E-state index is -0.0412. The minimum absolute atomic E-state index is 0.00340. The van der Waals surface area contributed by atoms with Crippen molar-refractivity contribution in [2.75, 3.05) is 0 Å². The second-order valence-electron chi connectivity index (χ2n) is 5.35. The van der Waals surface area contributed by atoms with Crippen molar-refractivity contribution in [3.05, 3.63) is 35.4 Å². The molecule has 20 heavy (non-hydrogen) atoms. The molecule has 1 heterocycles. The highest BCUT2D eigenvalue weighted by molar-refractivity contribution is 5.45. The van der Waals surface area contributed by atoms with Crippen LogP contribution in [-0.2, 0) is 13.0 Å². The van der Waals surface area contributed by atoms with Crippen molar-refractivity contribution in [1.29, 1.82) is 0 Å². The van der Waals surface area contributed by atoms with E-state index in [1.807, 2.05) is 13.8 Å². The fraction of sp³-hybridized carbons (Fsp3) is 0.333. The van der Waals surface area contributed by atoms with Crippen molar-refractivity contribution in [2.24, 2.45) is 5.92 Å². The molecule has 0 spiro atoms. The van der Waals surface area contributed by atoms with E-state index in [4.69, 9.17) is 0 Å². The van der Waals surface area contributed by atoms with Gasteiger partial charge in [-0.15, -0.1) is 0 Å². The number of rotatable bonds is 4. The lowest BCUT2D eigenvalue weighted by atomic mass is 10.1. The molecule has 108 valence electrons. The minimum Gasteiger partial charge on any atom is -0.508 e. The quantitative estimate of drug-likeness (QED) is 0.692. The molecular weight excluding hydrogens is 258 g/mol. The van der Waals surface area contributed by atoms with Crippen LogP contribution in [0.5, 0.6) is 23.3 Å². The lowest BCUT2D eigenvalue weighted by Gasteiger charge is -2.10. The van der Waals surface area contributed by atoms with Gasteiger partial charge in [0.1, 0.15) is 11.5 Å². The number of aromatic nitrogens is 1. The molecule has 0 atom stereocenters. The summed E-state index contributed by atoms with van der Waals surface area (Å²) in [5.41, 5.74) is 1.10. The Bertz CT molecular complexity index is 617. The zero-order chi connectivity index (χ0) is 14.9. The summed E-state index contributed by atoms with van der Waals surface area (Å²) in [4.78, 5) is 0. The summed E-state index contributed by atoms with van der Waals surface area (Å²) < 4.78 is 1.44. The zero-order valence-corrected chi connectivity index (χ0v) is 11.5. The summed E-state index contributed by atoms with van der Waals surface area (Å²) in [7, 11) is 0. The van der Waals surface area contributed by atoms with Crippen molar-refractivity contribution in [1.82, 2.24) is 4.57 Å². The van der Waals surface area contributed by atoms with E-state index in [-0.39, 0.29) is 35.6 Å². The molecule has 0 fully saturated rings. The largest absolute Gasteiger partial charge is 0.508 e. The van der Waals surface area contributed by atoms with Gasteiger partial charge in [0.25, 0.3) is 0 Å². The maximum absolute atomic E-state index is 10.1. The van der Waals surface area contributed by atoms with Crippen molar-refractivity contribution < 1.29 is 20.4 Å². The van der Waals surface area contributed by atoms with Gasteiger partial charge < -0.3 is 20.4 Å². The zero-order valence-electron chi connectivity index (χ0n) is 11.5. The summed E-state index contributed by atoms with van der Waals surface area (Å²) in [6.45, 7) is 4.49. The smallest absolute Gasteiger partial charge is 0.197 e. The Morgan fingerprint density at radius 2 is 1.70 bits per heavy atom.